The molecule has 1 aliphatic heterocycles. The largest absolute Gasteiger partial charge is 0.334 e. The highest BCUT2D eigenvalue weighted by Crippen LogP contribution is 2.29. The summed E-state index contributed by atoms with van der Waals surface area (Å²) in [6.07, 6.45) is 2.50. The van der Waals surface area contributed by atoms with Gasteiger partial charge in [-0.05, 0) is 19.1 Å². The molecule has 0 bridgehead atoms. The molecule has 128 valence electrons. The highest BCUT2D eigenvalue weighted by molar-refractivity contribution is 5.94. The van der Waals surface area contributed by atoms with Crippen molar-refractivity contribution in [3.05, 3.63) is 53.5 Å². The van der Waals surface area contributed by atoms with Crippen LogP contribution in [-0.2, 0) is 26.6 Å². The van der Waals surface area contributed by atoms with Gasteiger partial charge in [-0.15, -0.1) is 10.2 Å². The van der Waals surface area contributed by atoms with Gasteiger partial charge in [0.2, 0.25) is 0 Å². The standard InChI is InChI=1S/C18H20N6O/c1-3-23-12-19-20-17(23)16-14-11-24(10-9-15(14)22(2)21-16)18(25)13-7-5-4-6-8-13/h4-8,12H,3,9-11H2,1-2H3. The van der Waals surface area contributed by atoms with Gasteiger partial charge >= 0.3 is 0 Å². The van der Waals surface area contributed by atoms with E-state index in [1.165, 1.54) is 0 Å². The van der Waals surface area contributed by atoms with Gasteiger partial charge in [0.15, 0.2) is 5.82 Å². The van der Waals surface area contributed by atoms with Gasteiger partial charge in [0.1, 0.15) is 12.0 Å². The molecule has 1 aromatic carbocycles. The second-order valence-corrected chi connectivity index (χ2v) is 6.18. The lowest BCUT2D eigenvalue weighted by atomic mass is 10.0. The molecule has 7 heteroatoms. The first kappa shape index (κ1) is 15.6. The minimum atomic E-state index is 0.0537. The maximum atomic E-state index is 12.8. The van der Waals surface area contributed by atoms with E-state index in [1.807, 2.05) is 58.5 Å². The van der Waals surface area contributed by atoms with E-state index >= 15 is 0 Å². The van der Waals surface area contributed by atoms with Gasteiger partial charge in [0.05, 0.1) is 6.54 Å². The topological polar surface area (TPSA) is 68.8 Å². The molecule has 0 spiro atoms. The Morgan fingerprint density at radius 3 is 2.80 bits per heavy atom. The monoisotopic (exact) mass is 336 g/mol. The van der Waals surface area contributed by atoms with Crippen molar-refractivity contribution in [1.29, 1.82) is 0 Å². The molecular formula is C18H20N6O. The zero-order chi connectivity index (χ0) is 17.4. The molecule has 0 radical (unpaired) electrons. The second kappa shape index (κ2) is 6.16. The SMILES string of the molecule is CCn1cnnc1-c1nn(C)c2c1CN(C(=O)c1ccccc1)CC2. The minimum Gasteiger partial charge on any atom is -0.334 e. The summed E-state index contributed by atoms with van der Waals surface area (Å²) < 4.78 is 3.88. The smallest absolute Gasteiger partial charge is 0.254 e. The molecule has 25 heavy (non-hydrogen) atoms. The molecule has 4 rings (SSSR count). The Morgan fingerprint density at radius 2 is 2.04 bits per heavy atom. The van der Waals surface area contributed by atoms with Gasteiger partial charge in [0.25, 0.3) is 5.91 Å². The molecule has 1 aliphatic rings. The molecule has 0 aliphatic carbocycles. The molecule has 0 saturated heterocycles. The van der Waals surface area contributed by atoms with Gasteiger partial charge < -0.3 is 9.47 Å². The van der Waals surface area contributed by atoms with Crippen molar-refractivity contribution >= 4 is 5.91 Å². The zero-order valence-corrected chi connectivity index (χ0v) is 14.4. The van der Waals surface area contributed by atoms with Gasteiger partial charge in [-0.2, -0.15) is 5.10 Å². The first-order valence-corrected chi connectivity index (χ1v) is 8.46. The number of carbonyl (C=O) groups excluding carboxylic acids is 1. The van der Waals surface area contributed by atoms with Crippen LogP contribution in [0.2, 0.25) is 0 Å². The van der Waals surface area contributed by atoms with E-state index in [9.17, 15) is 4.79 Å². The Morgan fingerprint density at radius 1 is 1.24 bits per heavy atom. The molecule has 0 saturated carbocycles. The quantitative estimate of drug-likeness (QED) is 0.732. The number of carbonyl (C=O) groups is 1. The molecule has 0 unspecified atom stereocenters. The molecular weight excluding hydrogens is 316 g/mol. The van der Waals surface area contributed by atoms with Gasteiger partial charge in [-0.25, -0.2) is 0 Å². The van der Waals surface area contributed by atoms with Crippen molar-refractivity contribution < 1.29 is 4.79 Å². The highest BCUT2D eigenvalue weighted by Gasteiger charge is 2.29. The first-order chi connectivity index (χ1) is 12.2. The maximum Gasteiger partial charge on any atom is 0.254 e. The molecule has 0 atom stereocenters. The maximum absolute atomic E-state index is 12.8. The van der Waals surface area contributed by atoms with Crippen LogP contribution in [0, 0.1) is 0 Å². The summed E-state index contributed by atoms with van der Waals surface area (Å²) in [4.78, 5) is 14.7. The predicted octanol–water partition coefficient (Wildman–Crippen LogP) is 1.90. The average molecular weight is 336 g/mol. The lowest BCUT2D eigenvalue weighted by molar-refractivity contribution is 0.0733. The third-order valence-corrected chi connectivity index (χ3v) is 4.72. The van der Waals surface area contributed by atoms with Crippen LogP contribution < -0.4 is 0 Å². The van der Waals surface area contributed by atoms with Crippen molar-refractivity contribution in [3.8, 4) is 11.5 Å². The number of hydrogen-bond donors (Lipinski definition) is 0. The van der Waals surface area contributed by atoms with Crippen molar-refractivity contribution in [3.63, 3.8) is 0 Å². The van der Waals surface area contributed by atoms with Crippen molar-refractivity contribution in [1.82, 2.24) is 29.4 Å². The Labute approximate surface area is 145 Å². The van der Waals surface area contributed by atoms with Crippen LogP contribution in [0.3, 0.4) is 0 Å². The molecule has 0 N–H and O–H groups in total. The fourth-order valence-corrected chi connectivity index (χ4v) is 3.38. The van der Waals surface area contributed by atoms with Crippen molar-refractivity contribution in [2.24, 2.45) is 7.05 Å². The third-order valence-electron chi connectivity index (χ3n) is 4.72. The molecule has 0 fully saturated rings. The molecule has 3 heterocycles. The Bertz CT molecular complexity index is 911. The average Bonchev–Trinajstić information content (AvgIpc) is 3.25. The van der Waals surface area contributed by atoms with Crippen molar-refractivity contribution in [2.75, 3.05) is 6.54 Å². The number of benzene rings is 1. The summed E-state index contributed by atoms with van der Waals surface area (Å²) in [5, 5.41) is 12.9. The number of rotatable bonds is 3. The zero-order valence-electron chi connectivity index (χ0n) is 14.4. The number of nitrogens with zero attached hydrogens (tertiary/aromatic N) is 6. The van der Waals surface area contributed by atoms with E-state index in [2.05, 4.69) is 15.3 Å². The summed E-state index contributed by atoms with van der Waals surface area (Å²) in [6, 6.07) is 9.41. The van der Waals surface area contributed by atoms with E-state index in [1.54, 1.807) is 6.33 Å². The summed E-state index contributed by atoms with van der Waals surface area (Å²) in [7, 11) is 1.95. The number of aryl methyl sites for hydroxylation is 2. The van der Waals surface area contributed by atoms with Crippen LogP contribution in [0.1, 0.15) is 28.5 Å². The van der Waals surface area contributed by atoms with Crippen LogP contribution in [0.25, 0.3) is 11.5 Å². The Hall–Kier alpha value is -2.96. The van der Waals surface area contributed by atoms with Gasteiger partial charge in [0, 0.05) is 43.4 Å². The van der Waals surface area contributed by atoms with Gasteiger partial charge in [-0.1, -0.05) is 18.2 Å². The molecule has 3 aromatic rings. The number of aromatic nitrogens is 5. The van der Waals surface area contributed by atoms with Crippen LogP contribution in [0.5, 0.6) is 0 Å². The lowest BCUT2D eigenvalue weighted by Crippen LogP contribution is -2.36. The van der Waals surface area contributed by atoms with E-state index < -0.39 is 0 Å². The van der Waals surface area contributed by atoms with Crippen LogP contribution >= 0.6 is 0 Å². The van der Waals surface area contributed by atoms with E-state index in [-0.39, 0.29) is 5.91 Å². The highest BCUT2D eigenvalue weighted by atomic mass is 16.2. The van der Waals surface area contributed by atoms with Crippen LogP contribution in [-0.4, -0.2) is 41.9 Å². The Balaban J connectivity index is 1.70. The fraction of sp³-hybridized carbons (Fsp3) is 0.333. The molecule has 2 aromatic heterocycles. The Kier molecular flexibility index (Phi) is 3.83. The van der Waals surface area contributed by atoms with E-state index in [0.29, 0.717) is 18.7 Å². The number of hydrogen-bond acceptors (Lipinski definition) is 4. The second-order valence-electron chi connectivity index (χ2n) is 6.18. The summed E-state index contributed by atoms with van der Waals surface area (Å²) >= 11 is 0. The normalized spacial score (nSPS) is 13.8. The number of amides is 1. The predicted molar refractivity (Wildman–Crippen MR) is 92.8 cm³/mol. The van der Waals surface area contributed by atoms with E-state index in [4.69, 9.17) is 0 Å². The molecule has 7 nitrogen and oxygen atoms in total. The molecule has 1 amide bonds. The lowest BCUT2D eigenvalue weighted by Gasteiger charge is -2.27. The van der Waals surface area contributed by atoms with Crippen molar-refractivity contribution in [2.45, 2.75) is 26.4 Å². The van der Waals surface area contributed by atoms with Crippen LogP contribution in [0.4, 0.5) is 0 Å². The summed E-state index contributed by atoms with van der Waals surface area (Å²) in [6.45, 7) is 4.07. The summed E-state index contributed by atoms with van der Waals surface area (Å²) in [5.74, 6) is 0.811. The first-order valence-electron chi connectivity index (χ1n) is 8.46. The minimum absolute atomic E-state index is 0.0537. The number of fused-ring (bicyclic) bond motifs is 1. The van der Waals surface area contributed by atoms with Gasteiger partial charge in [-0.3, -0.25) is 9.48 Å². The fourth-order valence-electron chi connectivity index (χ4n) is 3.38. The van der Waals surface area contributed by atoms with E-state index in [0.717, 1.165) is 35.7 Å². The van der Waals surface area contributed by atoms with Crippen LogP contribution in [0.15, 0.2) is 36.7 Å². The third kappa shape index (κ3) is 2.61. The summed E-state index contributed by atoms with van der Waals surface area (Å²) in [5.41, 5.74) is 3.77.